The first-order valence-corrected chi connectivity index (χ1v) is 10.9. The number of benzene rings is 2. The van der Waals surface area contributed by atoms with Crippen molar-refractivity contribution >= 4 is 33.2 Å². The van der Waals surface area contributed by atoms with Gasteiger partial charge in [-0.2, -0.15) is 0 Å². The fraction of sp³-hybridized carbons (Fsp3) is 0.350. The van der Waals surface area contributed by atoms with Gasteiger partial charge in [0, 0.05) is 12.2 Å². The summed E-state index contributed by atoms with van der Waals surface area (Å²) in [6.45, 7) is 4.51. The van der Waals surface area contributed by atoms with E-state index in [1.54, 1.807) is 24.3 Å². The molecule has 0 heterocycles. The van der Waals surface area contributed by atoms with Crippen LogP contribution in [0.5, 0.6) is 11.5 Å². The van der Waals surface area contributed by atoms with Gasteiger partial charge in [-0.3, -0.25) is 9.52 Å². The number of ether oxygens (including phenoxy) is 2. The van der Waals surface area contributed by atoms with Crippen LogP contribution in [0.3, 0.4) is 0 Å². The van der Waals surface area contributed by atoms with E-state index in [4.69, 9.17) is 21.1 Å². The molecule has 0 unspecified atom stereocenters. The second-order valence-electron chi connectivity index (χ2n) is 6.75. The summed E-state index contributed by atoms with van der Waals surface area (Å²) < 4.78 is 38.0. The van der Waals surface area contributed by atoms with Gasteiger partial charge in [0.15, 0.2) is 6.61 Å². The van der Waals surface area contributed by atoms with E-state index < -0.39 is 10.0 Å². The first-order valence-electron chi connectivity index (χ1n) is 9.07. The lowest BCUT2D eigenvalue weighted by Gasteiger charge is -2.12. The van der Waals surface area contributed by atoms with Gasteiger partial charge in [-0.05, 0) is 54.8 Å². The number of rotatable bonds is 10. The van der Waals surface area contributed by atoms with Crippen LogP contribution in [0.1, 0.15) is 20.3 Å². The zero-order chi connectivity index (χ0) is 21.4. The zero-order valence-electron chi connectivity index (χ0n) is 16.6. The maximum absolute atomic E-state index is 12.6. The molecule has 2 aromatic rings. The first kappa shape index (κ1) is 22.8. The van der Waals surface area contributed by atoms with Gasteiger partial charge in [-0.25, -0.2) is 8.42 Å². The molecule has 0 atom stereocenters. The molecule has 2 aromatic carbocycles. The van der Waals surface area contributed by atoms with Crippen LogP contribution in [0.25, 0.3) is 0 Å². The Hall–Kier alpha value is -2.45. The van der Waals surface area contributed by atoms with E-state index in [9.17, 15) is 13.2 Å². The average molecular weight is 441 g/mol. The highest BCUT2D eigenvalue weighted by molar-refractivity contribution is 7.92. The van der Waals surface area contributed by atoms with Gasteiger partial charge >= 0.3 is 0 Å². The van der Waals surface area contributed by atoms with Crippen LogP contribution < -0.4 is 19.5 Å². The Morgan fingerprint density at radius 3 is 2.41 bits per heavy atom. The summed E-state index contributed by atoms with van der Waals surface area (Å²) in [5, 5.41) is 2.85. The molecule has 2 rings (SSSR count). The van der Waals surface area contributed by atoms with E-state index in [0.717, 1.165) is 6.42 Å². The first-order chi connectivity index (χ1) is 13.7. The quantitative estimate of drug-likeness (QED) is 0.587. The number of halogens is 1. The van der Waals surface area contributed by atoms with E-state index >= 15 is 0 Å². The zero-order valence-corrected chi connectivity index (χ0v) is 18.1. The lowest BCUT2D eigenvalue weighted by atomic mass is 10.1. The maximum atomic E-state index is 12.6. The van der Waals surface area contributed by atoms with E-state index in [1.165, 1.54) is 25.3 Å². The van der Waals surface area contributed by atoms with Crippen molar-refractivity contribution in [3.8, 4) is 11.5 Å². The summed E-state index contributed by atoms with van der Waals surface area (Å²) in [5.41, 5.74) is 0.389. The van der Waals surface area contributed by atoms with Gasteiger partial charge in [-0.1, -0.05) is 25.4 Å². The Kier molecular flexibility index (Phi) is 8.16. The van der Waals surface area contributed by atoms with Crippen LogP contribution in [0.4, 0.5) is 5.69 Å². The van der Waals surface area contributed by atoms with Gasteiger partial charge in [0.2, 0.25) is 0 Å². The summed E-state index contributed by atoms with van der Waals surface area (Å²) >= 11 is 6.14. The molecule has 158 valence electrons. The van der Waals surface area contributed by atoms with Crippen LogP contribution in [0.15, 0.2) is 47.4 Å². The van der Waals surface area contributed by atoms with Crippen molar-refractivity contribution in [1.29, 1.82) is 0 Å². The minimum Gasteiger partial charge on any atom is -0.497 e. The molecule has 0 bridgehead atoms. The molecule has 0 aliphatic rings. The molecule has 9 heteroatoms. The van der Waals surface area contributed by atoms with Gasteiger partial charge in [0.1, 0.15) is 11.5 Å². The molecular weight excluding hydrogens is 416 g/mol. The maximum Gasteiger partial charge on any atom is 0.261 e. The van der Waals surface area contributed by atoms with Crippen molar-refractivity contribution in [2.24, 2.45) is 5.92 Å². The summed E-state index contributed by atoms with van der Waals surface area (Å²) in [6.07, 6.45) is 0.875. The van der Waals surface area contributed by atoms with Crippen molar-refractivity contribution in [3.05, 3.63) is 47.5 Å². The van der Waals surface area contributed by atoms with Crippen molar-refractivity contribution in [3.63, 3.8) is 0 Å². The highest BCUT2D eigenvalue weighted by Crippen LogP contribution is 2.28. The fourth-order valence-electron chi connectivity index (χ4n) is 2.33. The van der Waals surface area contributed by atoms with Crippen molar-refractivity contribution in [2.75, 3.05) is 25.0 Å². The molecule has 7 nitrogen and oxygen atoms in total. The third kappa shape index (κ3) is 7.14. The number of hydrogen-bond acceptors (Lipinski definition) is 5. The topological polar surface area (TPSA) is 93.7 Å². The summed E-state index contributed by atoms with van der Waals surface area (Å²) in [7, 11) is -2.31. The minimum atomic E-state index is -3.83. The van der Waals surface area contributed by atoms with E-state index in [0.29, 0.717) is 23.9 Å². The monoisotopic (exact) mass is 440 g/mol. The smallest absolute Gasteiger partial charge is 0.261 e. The van der Waals surface area contributed by atoms with E-state index in [1.807, 2.05) is 0 Å². The SMILES string of the molecule is COc1ccc(NS(=O)(=O)c2ccc(OCC(=O)NCCC(C)C)c(Cl)c2)cc1. The van der Waals surface area contributed by atoms with Crippen LogP contribution in [0.2, 0.25) is 5.02 Å². The molecule has 0 saturated carbocycles. The molecule has 29 heavy (non-hydrogen) atoms. The lowest BCUT2D eigenvalue weighted by molar-refractivity contribution is -0.123. The molecule has 0 aromatic heterocycles. The molecule has 2 N–H and O–H groups in total. The summed E-state index contributed by atoms with van der Waals surface area (Å²) in [4.78, 5) is 11.8. The number of nitrogens with one attached hydrogen (secondary N) is 2. The average Bonchev–Trinajstić information content (AvgIpc) is 2.67. The molecule has 0 saturated heterocycles. The standard InChI is InChI=1S/C20H25ClN2O5S/c1-14(2)10-11-22-20(24)13-28-19-9-8-17(12-18(19)21)29(25,26)23-15-4-6-16(27-3)7-5-15/h4-9,12,14,23H,10-11,13H2,1-3H3,(H,22,24). The largest absolute Gasteiger partial charge is 0.497 e. The molecular formula is C20H25ClN2O5S. The lowest BCUT2D eigenvalue weighted by Crippen LogP contribution is -2.30. The van der Waals surface area contributed by atoms with Gasteiger partial charge in [-0.15, -0.1) is 0 Å². The number of carbonyl (C=O) groups excluding carboxylic acids is 1. The summed E-state index contributed by atoms with van der Waals surface area (Å²) in [5.74, 6) is 1.08. The molecule has 0 aliphatic carbocycles. The Labute approximate surface area is 176 Å². The molecule has 0 aliphatic heterocycles. The predicted molar refractivity (Wildman–Crippen MR) is 113 cm³/mol. The number of hydrogen-bond donors (Lipinski definition) is 2. The molecule has 0 fully saturated rings. The van der Waals surface area contributed by atoms with Gasteiger partial charge in [0.05, 0.1) is 17.0 Å². The second kappa shape index (κ2) is 10.4. The molecule has 0 spiro atoms. The van der Waals surface area contributed by atoms with Gasteiger partial charge < -0.3 is 14.8 Å². The number of amides is 1. The Morgan fingerprint density at radius 1 is 1.14 bits per heavy atom. The normalized spacial score (nSPS) is 11.2. The Balaban J connectivity index is 1.99. The number of anilines is 1. The van der Waals surface area contributed by atoms with Crippen LogP contribution in [-0.4, -0.2) is 34.6 Å². The third-order valence-corrected chi connectivity index (χ3v) is 5.63. The Bertz CT molecular complexity index is 930. The van der Waals surface area contributed by atoms with Crippen molar-refractivity contribution in [1.82, 2.24) is 5.32 Å². The number of sulfonamides is 1. The van der Waals surface area contributed by atoms with Crippen LogP contribution in [-0.2, 0) is 14.8 Å². The molecule has 0 radical (unpaired) electrons. The predicted octanol–water partition coefficient (Wildman–Crippen LogP) is 3.69. The molecule has 1 amide bonds. The van der Waals surface area contributed by atoms with Crippen LogP contribution in [0, 0.1) is 5.92 Å². The fourth-order valence-corrected chi connectivity index (χ4v) is 3.72. The number of carbonyl (C=O) groups is 1. The highest BCUT2D eigenvalue weighted by Gasteiger charge is 2.17. The van der Waals surface area contributed by atoms with E-state index in [-0.39, 0.29) is 28.2 Å². The second-order valence-corrected chi connectivity index (χ2v) is 8.84. The van der Waals surface area contributed by atoms with Crippen LogP contribution >= 0.6 is 11.6 Å². The number of methoxy groups -OCH3 is 1. The van der Waals surface area contributed by atoms with E-state index in [2.05, 4.69) is 23.9 Å². The third-order valence-electron chi connectivity index (χ3n) is 3.96. The van der Waals surface area contributed by atoms with Crippen molar-refractivity contribution < 1.29 is 22.7 Å². The minimum absolute atomic E-state index is 0.0212. The Morgan fingerprint density at radius 2 is 1.83 bits per heavy atom. The van der Waals surface area contributed by atoms with Crippen molar-refractivity contribution in [2.45, 2.75) is 25.2 Å². The van der Waals surface area contributed by atoms with Gasteiger partial charge in [0.25, 0.3) is 15.9 Å². The summed E-state index contributed by atoms with van der Waals surface area (Å²) in [6, 6.07) is 10.5. The highest BCUT2D eigenvalue weighted by atomic mass is 35.5.